The van der Waals surface area contributed by atoms with E-state index in [-0.39, 0.29) is 5.91 Å². The molecule has 2 N–H and O–H groups in total. The first kappa shape index (κ1) is 16.3. The van der Waals surface area contributed by atoms with Crippen molar-refractivity contribution in [3.8, 4) is 0 Å². The van der Waals surface area contributed by atoms with Crippen LogP contribution in [-0.4, -0.2) is 43.7 Å². The number of nitrogens with one attached hydrogen (secondary N) is 2. The van der Waals surface area contributed by atoms with E-state index in [1.165, 1.54) is 0 Å². The van der Waals surface area contributed by atoms with Crippen LogP contribution in [0.2, 0.25) is 0 Å². The average Bonchev–Trinajstić information content (AvgIpc) is 2.53. The Hall–Kier alpha value is -1.04. The van der Waals surface area contributed by atoms with Crippen molar-refractivity contribution in [2.24, 2.45) is 0 Å². The Bertz CT molecular complexity index is 448. The second-order valence-electron chi connectivity index (χ2n) is 5.21. The number of para-hydroxylation sites is 1. The van der Waals surface area contributed by atoms with E-state index in [0.29, 0.717) is 17.6 Å². The second-order valence-corrected chi connectivity index (χ2v) is 6.50. The Morgan fingerprint density at radius 1 is 1.38 bits per heavy atom. The van der Waals surface area contributed by atoms with Crippen LogP contribution in [0, 0.1) is 0 Å². The average molecular weight is 308 g/mol. The zero-order valence-electron chi connectivity index (χ0n) is 12.6. The Balaban J connectivity index is 1.81. The van der Waals surface area contributed by atoms with E-state index in [9.17, 15) is 4.79 Å². The predicted molar refractivity (Wildman–Crippen MR) is 89.0 cm³/mol. The van der Waals surface area contributed by atoms with Crippen molar-refractivity contribution in [3.63, 3.8) is 0 Å². The van der Waals surface area contributed by atoms with Gasteiger partial charge in [0.05, 0.1) is 12.4 Å². The molecule has 4 nitrogen and oxygen atoms in total. The molecule has 2 rings (SSSR count). The smallest absolute Gasteiger partial charge is 0.234 e. The van der Waals surface area contributed by atoms with E-state index in [4.69, 9.17) is 4.74 Å². The van der Waals surface area contributed by atoms with Gasteiger partial charge in [0, 0.05) is 18.0 Å². The molecule has 5 heteroatoms. The molecule has 0 bridgehead atoms. The molecule has 1 fully saturated rings. The number of ether oxygens (including phenoxy) is 1. The topological polar surface area (TPSA) is 50.4 Å². The van der Waals surface area contributed by atoms with Gasteiger partial charge in [-0.3, -0.25) is 4.79 Å². The fourth-order valence-electron chi connectivity index (χ4n) is 2.41. The lowest BCUT2D eigenvalue weighted by molar-refractivity contribution is -0.113. The normalized spacial score (nSPS) is 15.9. The molecule has 0 saturated carbocycles. The SMILES string of the molecule is COCCc1ccccc1NC(=O)CSC1CCNCC1. The van der Waals surface area contributed by atoms with Gasteiger partial charge in [-0.1, -0.05) is 18.2 Å². The van der Waals surface area contributed by atoms with Crippen molar-refractivity contribution in [2.45, 2.75) is 24.5 Å². The van der Waals surface area contributed by atoms with Crippen LogP contribution in [0.3, 0.4) is 0 Å². The Kier molecular flexibility index (Phi) is 7.06. The molecular formula is C16H24N2O2S. The van der Waals surface area contributed by atoms with Crippen LogP contribution < -0.4 is 10.6 Å². The summed E-state index contributed by atoms with van der Waals surface area (Å²) in [6, 6.07) is 7.93. The maximum atomic E-state index is 12.1. The second kappa shape index (κ2) is 9.07. The molecule has 1 aromatic rings. The lowest BCUT2D eigenvalue weighted by atomic mass is 10.1. The van der Waals surface area contributed by atoms with Crippen LogP contribution in [0.1, 0.15) is 18.4 Å². The fraction of sp³-hybridized carbons (Fsp3) is 0.562. The first-order chi connectivity index (χ1) is 10.3. The number of methoxy groups -OCH3 is 1. The van der Waals surface area contributed by atoms with Crippen molar-refractivity contribution in [3.05, 3.63) is 29.8 Å². The van der Waals surface area contributed by atoms with Crippen LogP contribution >= 0.6 is 11.8 Å². The number of carbonyl (C=O) groups is 1. The Labute approximate surface area is 131 Å². The van der Waals surface area contributed by atoms with Gasteiger partial charge in [-0.05, 0) is 44.0 Å². The quantitative estimate of drug-likeness (QED) is 0.811. The summed E-state index contributed by atoms with van der Waals surface area (Å²) in [6.45, 7) is 2.80. The number of rotatable bonds is 7. The molecule has 0 atom stereocenters. The first-order valence-corrected chi connectivity index (χ1v) is 8.53. The number of hydrogen-bond donors (Lipinski definition) is 2. The lowest BCUT2D eigenvalue weighted by Gasteiger charge is -2.21. The van der Waals surface area contributed by atoms with E-state index < -0.39 is 0 Å². The highest BCUT2D eigenvalue weighted by Crippen LogP contribution is 2.21. The molecule has 1 aliphatic heterocycles. The number of thioether (sulfide) groups is 1. The van der Waals surface area contributed by atoms with Crippen molar-refractivity contribution >= 4 is 23.4 Å². The highest BCUT2D eigenvalue weighted by atomic mass is 32.2. The standard InChI is InChI=1S/C16H24N2O2S/c1-20-11-8-13-4-2-3-5-15(13)18-16(19)12-21-14-6-9-17-10-7-14/h2-5,14,17H,6-12H2,1H3,(H,18,19). The van der Waals surface area contributed by atoms with Gasteiger partial charge < -0.3 is 15.4 Å². The number of hydrogen-bond acceptors (Lipinski definition) is 4. The van der Waals surface area contributed by atoms with Crippen molar-refractivity contribution in [1.29, 1.82) is 0 Å². The zero-order valence-corrected chi connectivity index (χ0v) is 13.4. The largest absolute Gasteiger partial charge is 0.384 e. The Morgan fingerprint density at radius 3 is 2.90 bits per heavy atom. The van der Waals surface area contributed by atoms with Gasteiger partial charge >= 0.3 is 0 Å². The minimum atomic E-state index is 0.0865. The number of carbonyl (C=O) groups excluding carboxylic acids is 1. The summed E-state index contributed by atoms with van der Waals surface area (Å²) >= 11 is 1.77. The fourth-order valence-corrected chi connectivity index (χ4v) is 3.44. The van der Waals surface area contributed by atoms with E-state index in [1.807, 2.05) is 24.3 Å². The monoisotopic (exact) mass is 308 g/mol. The van der Waals surface area contributed by atoms with Crippen molar-refractivity contribution in [2.75, 3.05) is 37.9 Å². The molecule has 0 aliphatic carbocycles. The summed E-state index contributed by atoms with van der Waals surface area (Å²) < 4.78 is 5.11. The van der Waals surface area contributed by atoms with Crippen LogP contribution in [0.5, 0.6) is 0 Å². The van der Waals surface area contributed by atoms with Crippen LogP contribution in [0.25, 0.3) is 0 Å². The molecule has 0 aromatic heterocycles. The van der Waals surface area contributed by atoms with E-state index in [0.717, 1.165) is 43.6 Å². The van der Waals surface area contributed by atoms with Crippen LogP contribution in [0.4, 0.5) is 5.69 Å². The van der Waals surface area contributed by atoms with Gasteiger partial charge in [0.2, 0.25) is 5.91 Å². The molecule has 1 heterocycles. The summed E-state index contributed by atoms with van der Waals surface area (Å²) in [5, 5.41) is 6.98. The predicted octanol–water partition coefficient (Wildman–Crippen LogP) is 2.30. The van der Waals surface area contributed by atoms with Crippen LogP contribution in [-0.2, 0) is 16.0 Å². The van der Waals surface area contributed by atoms with Gasteiger partial charge in [0.25, 0.3) is 0 Å². The van der Waals surface area contributed by atoms with Gasteiger partial charge in [0.1, 0.15) is 0 Å². The molecule has 1 amide bonds. The molecule has 21 heavy (non-hydrogen) atoms. The van der Waals surface area contributed by atoms with Crippen LogP contribution in [0.15, 0.2) is 24.3 Å². The van der Waals surface area contributed by atoms with E-state index in [1.54, 1.807) is 18.9 Å². The molecule has 1 aliphatic rings. The third-order valence-corrected chi connectivity index (χ3v) is 4.97. The first-order valence-electron chi connectivity index (χ1n) is 7.48. The summed E-state index contributed by atoms with van der Waals surface area (Å²) in [7, 11) is 1.69. The molecule has 0 unspecified atom stereocenters. The lowest BCUT2D eigenvalue weighted by Crippen LogP contribution is -2.30. The molecule has 0 spiro atoms. The number of benzene rings is 1. The maximum Gasteiger partial charge on any atom is 0.234 e. The Morgan fingerprint density at radius 2 is 2.14 bits per heavy atom. The van der Waals surface area contributed by atoms with Gasteiger partial charge in [-0.2, -0.15) is 0 Å². The summed E-state index contributed by atoms with van der Waals surface area (Å²) in [5.41, 5.74) is 2.03. The minimum absolute atomic E-state index is 0.0865. The molecule has 0 radical (unpaired) electrons. The van der Waals surface area contributed by atoms with Crippen molar-refractivity contribution in [1.82, 2.24) is 5.32 Å². The molecular weight excluding hydrogens is 284 g/mol. The van der Waals surface area contributed by atoms with Gasteiger partial charge in [-0.15, -0.1) is 11.8 Å². The minimum Gasteiger partial charge on any atom is -0.384 e. The number of anilines is 1. The summed E-state index contributed by atoms with van der Waals surface area (Å²) in [4.78, 5) is 12.1. The highest BCUT2D eigenvalue weighted by Gasteiger charge is 2.15. The summed E-state index contributed by atoms with van der Waals surface area (Å²) in [5.74, 6) is 0.618. The van der Waals surface area contributed by atoms with E-state index >= 15 is 0 Å². The maximum absolute atomic E-state index is 12.1. The zero-order chi connectivity index (χ0) is 14.9. The third kappa shape index (κ3) is 5.69. The molecule has 1 aromatic carbocycles. The third-order valence-electron chi connectivity index (χ3n) is 3.60. The van der Waals surface area contributed by atoms with Crippen molar-refractivity contribution < 1.29 is 9.53 Å². The molecule has 1 saturated heterocycles. The number of amides is 1. The van der Waals surface area contributed by atoms with E-state index in [2.05, 4.69) is 10.6 Å². The summed E-state index contributed by atoms with van der Waals surface area (Å²) in [6.07, 6.45) is 3.12. The molecule has 116 valence electrons. The van der Waals surface area contributed by atoms with Gasteiger partial charge in [-0.25, -0.2) is 0 Å². The van der Waals surface area contributed by atoms with Gasteiger partial charge in [0.15, 0.2) is 0 Å². The highest BCUT2D eigenvalue weighted by molar-refractivity contribution is 8.00. The number of piperidine rings is 1.